The number of amides is 1. The highest BCUT2D eigenvalue weighted by molar-refractivity contribution is 6.01. The fraction of sp³-hybridized carbons (Fsp3) is 0.333. The highest BCUT2D eigenvalue weighted by Crippen LogP contribution is 2.20. The Kier molecular flexibility index (Phi) is 8.66. The molecule has 0 spiro atoms. The molecule has 23 heavy (non-hydrogen) atoms. The van der Waals surface area contributed by atoms with Gasteiger partial charge in [-0.3, -0.25) is 4.79 Å². The number of rotatable bonds is 9. The molecule has 1 rings (SSSR count). The number of nitriles is 1. The second kappa shape index (κ2) is 10.9. The molecule has 0 aliphatic heterocycles. The minimum atomic E-state index is -0.421. The van der Waals surface area contributed by atoms with Crippen molar-refractivity contribution in [2.45, 2.75) is 13.3 Å². The van der Waals surface area contributed by atoms with Crippen LogP contribution in [0.5, 0.6) is 5.75 Å². The molecule has 120 valence electrons. The van der Waals surface area contributed by atoms with Gasteiger partial charge in [0, 0.05) is 25.3 Å². The lowest BCUT2D eigenvalue weighted by molar-refractivity contribution is -0.117. The number of benzene rings is 1. The predicted molar refractivity (Wildman–Crippen MR) is 88.5 cm³/mol. The summed E-state index contributed by atoms with van der Waals surface area (Å²) in [5.74, 6) is 2.49. The van der Waals surface area contributed by atoms with Gasteiger partial charge in [0.05, 0.1) is 0 Å². The Morgan fingerprint density at radius 1 is 1.43 bits per heavy atom. The highest BCUT2D eigenvalue weighted by atomic mass is 16.5. The number of hydrogen-bond acceptors (Lipinski definition) is 4. The summed E-state index contributed by atoms with van der Waals surface area (Å²) in [6.45, 7) is 3.70. The van der Waals surface area contributed by atoms with Crippen LogP contribution in [0.2, 0.25) is 0 Å². The first kappa shape index (κ1) is 18.3. The Labute approximate surface area is 136 Å². The van der Waals surface area contributed by atoms with Gasteiger partial charge in [-0.2, -0.15) is 5.26 Å². The van der Waals surface area contributed by atoms with Crippen molar-refractivity contribution in [3.63, 3.8) is 0 Å². The van der Waals surface area contributed by atoms with E-state index in [-0.39, 0.29) is 12.2 Å². The zero-order valence-corrected chi connectivity index (χ0v) is 13.2. The third kappa shape index (κ3) is 6.69. The largest absolute Gasteiger partial charge is 0.480 e. The normalized spacial score (nSPS) is 10.5. The maximum atomic E-state index is 12.0. The van der Waals surface area contributed by atoms with Crippen molar-refractivity contribution in [3.05, 3.63) is 35.4 Å². The maximum Gasteiger partial charge on any atom is 0.261 e. The minimum Gasteiger partial charge on any atom is -0.480 e. The lowest BCUT2D eigenvalue weighted by atomic mass is 10.1. The molecule has 0 atom stereocenters. The number of nitrogens with zero attached hydrogens (tertiary/aromatic N) is 1. The third-order valence-corrected chi connectivity index (χ3v) is 2.85. The fourth-order valence-electron chi connectivity index (χ4n) is 1.77. The van der Waals surface area contributed by atoms with E-state index in [1.807, 2.05) is 13.0 Å². The summed E-state index contributed by atoms with van der Waals surface area (Å²) in [5.41, 5.74) is 0.641. The topological polar surface area (TPSA) is 71.3 Å². The molecule has 5 heteroatoms. The molecule has 0 aliphatic rings. The van der Waals surface area contributed by atoms with Crippen molar-refractivity contribution in [1.82, 2.24) is 5.32 Å². The summed E-state index contributed by atoms with van der Waals surface area (Å²) in [6, 6.07) is 8.99. The summed E-state index contributed by atoms with van der Waals surface area (Å²) in [6.07, 6.45) is 7.36. The van der Waals surface area contributed by atoms with Crippen molar-refractivity contribution >= 4 is 12.0 Å². The predicted octanol–water partition coefficient (Wildman–Crippen LogP) is 2.15. The van der Waals surface area contributed by atoms with Crippen LogP contribution in [0.15, 0.2) is 29.8 Å². The van der Waals surface area contributed by atoms with Crippen LogP contribution >= 0.6 is 0 Å². The Morgan fingerprint density at radius 3 is 2.91 bits per heavy atom. The van der Waals surface area contributed by atoms with Crippen LogP contribution in [0.3, 0.4) is 0 Å². The van der Waals surface area contributed by atoms with Crippen LogP contribution in [-0.2, 0) is 9.53 Å². The lowest BCUT2D eigenvalue weighted by Gasteiger charge is -2.07. The molecule has 5 nitrogen and oxygen atoms in total. The monoisotopic (exact) mass is 312 g/mol. The van der Waals surface area contributed by atoms with Crippen LogP contribution in [0.1, 0.15) is 18.9 Å². The average Bonchev–Trinajstić information content (AvgIpc) is 2.58. The van der Waals surface area contributed by atoms with Gasteiger partial charge in [0.25, 0.3) is 5.91 Å². The molecule has 0 aromatic heterocycles. The van der Waals surface area contributed by atoms with Crippen molar-refractivity contribution in [2.75, 3.05) is 26.4 Å². The molecule has 0 unspecified atom stereocenters. The zero-order valence-electron chi connectivity index (χ0n) is 13.2. The molecule has 1 aromatic rings. The van der Waals surface area contributed by atoms with E-state index >= 15 is 0 Å². The van der Waals surface area contributed by atoms with Crippen molar-refractivity contribution in [3.8, 4) is 24.2 Å². The van der Waals surface area contributed by atoms with E-state index in [1.54, 1.807) is 24.3 Å². The van der Waals surface area contributed by atoms with Gasteiger partial charge in [0.2, 0.25) is 0 Å². The van der Waals surface area contributed by atoms with E-state index in [2.05, 4.69) is 11.2 Å². The second-order valence-electron chi connectivity index (χ2n) is 4.51. The van der Waals surface area contributed by atoms with Gasteiger partial charge in [-0.1, -0.05) is 24.1 Å². The number of carbonyl (C=O) groups is 1. The second-order valence-corrected chi connectivity index (χ2v) is 4.51. The summed E-state index contributed by atoms with van der Waals surface area (Å²) in [7, 11) is 0. The summed E-state index contributed by atoms with van der Waals surface area (Å²) < 4.78 is 10.6. The molecule has 0 bridgehead atoms. The standard InChI is InChI=1S/C18H20N2O3/c1-3-11-23-17-9-6-5-8-15(17)13-16(14-19)18(21)20-10-7-12-22-4-2/h1,5-6,8-9,13H,4,7,10-12H2,2H3,(H,20,21)/b16-13+. The summed E-state index contributed by atoms with van der Waals surface area (Å²) in [4.78, 5) is 12.0. The van der Waals surface area contributed by atoms with E-state index in [1.165, 1.54) is 6.08 Å². The number of ether oxygens (including phenoxy) is 2. The first-order chi connectivity index (χ1) is 11.2. The SMILES string of the molecule is C#CCOc1ccccc1/C=C(\C#N)C(=O)NCCCOCC. The van der Waals surface area contributed by atoms with Crippen LogP contribution in [0.4, 0.5) is 0 Å². The molecule has 1 amide bonds. The molecular formula is C18H20N2O3. The van der Waals surface area contributed by atoms with Gasteiger partial charge in [-0.25, -0.2) is 0 Å². The van der Waals surface area contributed by atoms with Gasteiger partial charge < -0.3 is 14.8 Å². The lowest BCUT2D eigenvalue weighted by Crippen LogP contribution is -2.26. The molecule has 1 N–H and O–H groups in total. The van der Waals surface area contributed by atoms with Gasteiger partial charge in [0.15, 0.2) is 0 Å². The van der Waals surface area contributed by atoms with Crippen molar-refractivity contribution in [1.29, 1.82) is 5.26 Å². The summed E-state index contributed by atoms with van der Waals surface area (Å²) in [5, 5.41) is 11.9. The van der Waals surface area contributed by atoms with Crippen molar-refractivity contribution in [2.24, 2.45) is 0 Å². The van der Waals surface area contributed by atoms with Gasteiger partial charge >= 0.3 is 0 Å². The molecular weight excluding hydrogens is 292 g/mol. The van der Waals surface area contributed by atoms with Crippen LogP contribution < -0.4 is 10.1 Å². The summed E-state index contributed by atoms with van der Waals surface area (Å²) >= 11 is 0. The smallest absolute Gasteiger partial charge is 0.261 e. The van der Waals surface area contributed by atoms with Gasteiger partial charge in [-0.15, -0.1) is 6.42 Å². The molecule has 0 saturated heterocycles. The van der Waals surface area contributed by atoms with E-state index in [0.29, 0.717) is 37.5 Å². The number of para-hydroxylation sites is 1. The van der Waals surface area contributed by atoms with E-state index in [9.17, 15) is 10.1 Å². The van der Waals surface area contributed by atoms with Crippen LogP contribution in [-0.4, -0.2) is 32.3 Å². The van der Waals surface area contributed by atoms with Gasteiger partial charge in [-0.05, 0) is 25.5 Å². The van der Waals surface area contributed by atoms with E-state index < -0.39 is 5.91 Å². The first-order valence-electron chi connectivity index (χ1n) is 7.36. The average molecular weight is 312 g/mol. The first-order valence-corrected chi connectivity index (χ1v) is 7.36. The highest BCUT2D eigenvalue weighted by Gasteiger charge is 2.10. The third-order valence-electron chi connectivity index (χ3n) is 2.85. The fourth-order valence-corrected chi connectivity index (χ4v) is 1.77. The molecule has 1 aromatic carbocycles. The molecule has 0 radical (unpaired) electrons. The molecule has 0 heterocycles. The Morgan fingerprint density at radius 2 is 2.22 bits per heavy atom. The maximum absolute atomic E-state index is 12.0. The number of carbonyl (C=O) groups excluding carboxylic acids is 1. The Bertz CT molecular complexity index is 624. The molecule has 0 fully saturated rings. The Balaban J connectivity index is 2.73. The van der Waals surface area contributed by atoms with Crippen LogP contribution in [0.25, 0.3) is 6.08 Å². The zero-order chi connectivity index (χ0) is 16.9. The van der Waals surface area contributed by atoms with E-state index in [4.69, 9.17) is 15.9 Å². The molecule has 0 aliphatic carbocycles. The van der Waals surface area contributed by atoms with E-state index in [0.717, 1.165) is 0 Å². The minimum absolute atomic E-state index is 0.0122. The molecule has 0 saturated carbocycles. The number of hydrogen-bond donors (Lipinski definition) is 1. The number of terminal acetylenes is 1. The van der Waals surface area contributed by atoms with Crippen molar-refractivity contribution < 1.29 is 14.3 Å². The quantitative estimate of drug-likeness (QED) is 0.328. The Hall–Kier alpha value is -2.76. The van der Waals surface area contributed by atoms with Crippen LogP contribution in [0, 0.1) is 23.7 Å². The number of nitrogens with one attached hydrogen (secondary N) is 1. The van der Waals surface area contributed by atoms with Gasteiger partial charge in [0.1, 0.15) is 24.0 Å².